The number of aromatic carboxylic acids is 1. The van der Waals surface area contributed by atoms with Gasteiger partial charge in [-0.3, -0.25) is 0 Å². The van der Waals surface area contributed by atoms with E-state index in [0.717, 1.165) is 9.90 Å². The molecule has 1 aliphatic heterocycles. The second-order valence-corrected chi connectivity index (χ2v) is 6.55. The van der Waals surface area contributed by atoms with Crippen molar-refractivity contribution in [1.29, 1.82) is 0 Å². The second-order valence-electron chi connectivity index (χ2n) is 4.50. The van der Waals surface area contributed by atoms with Crippen molar-refractivity contribution in [1.82, 2.24) is 10.2 Å². The average molecular weight is 322 g/mol. The maximum absolute atomic E-state index is 11.6. The number of carboxylic acid groups (broad SMARTS) is 1. The van der Waals surface area contributed by atoms with Crippen molar-refractivity contribution >= 4 is 36.2 Å². The Labute approximate surface area is 129 Å². The first-order valence-corrected chi connectivity index (χ1v) is 8.13. The minimum Gasteiger partial charge on any atom is -0.535 e. The van der Waals surface area contributed by atoms with E-state index in [1.807, 2.05) is 6.07 Å². The van der Waals surface area contributed by atoms with Crippen molar-refractivity contribution < 1.29 is 19.6 Å². The van der Waals surface area contributed by atoms with E-state index in [4.69, 9.17) is 4.65 Å². The lowest BCUT2D eigenvalue weighted by Crippen LogP contribution is -2.28. The van der Waals surface area contributed by atoms with Crippen LogP contribution in [0.3, 0.4) is 0 Å². The molecule has 0 spiro atoms. The summed E-state index contributed by atoms with van der Waals surface area (Å²) in [5, 5.41) is 26.7. The zero-order valence-corrected chi connectivity index (χ0v) is 12.5. The molecule has 1 aromatic heterocycles. The van der Waals surface area contributed by atoms with Gasteiger partial charge < -0.3 is 14.8 Å². The first kappa shape index (κ1) is 14.4. The standard InChI is InChI=1S/C12H11BN2O4S2/c16-11(17)9-8(5-20-12-15-14-6-21-12)2-1-7-3-4-13(18)19-10(7)9/h1-2,6,18H,3-5H2,(H,16,17). The van der Waals surface area contributed by atoms with Gasteiger partial charge in [-0.25, -0.2) is 4.79 Å². The normalized spacial score (nSPS) is 13.7. The minimum absolute atomic E-state index is 0.128. The molecule has 0 bridgehead atoms. The van der Waals surface area contributed by atoms with Crippen LogP contribution in [0.25, 0.3) is 0 Å². The Hall–Kier alpha value is -1.58. The Bertz CT molecular complexity index is 666. The van der Waals surface area contributed by atoms with E-state index in [9.17, 15) is 14.9 Å². The Balaban J connectivity index is 1.92. The Morgan fingerprint density at radius 1 is 1.52 bits per heavy atom. The molecule has 1 aliphatic rings. The third kappa shape index (κ3) is 3.04. The molecule has 2 N–H and O–H groups in total. The number of hydrogen-bond acceptors (Lipinski definition) is 7. The minimum atomic E-state index is -1.05. The molecular formula is C12H11BN2O4S2. The van der Waals surface area contributed by atoms with Crippen LogP contribution in [-0.4, -0.2) is 33.4 Å². The summed E-state index contributed by atoms with van der Waals surface area (Å²) in [6.07, 6.45) is 1.09. The van der Waals surface area contributed by atoms with Crippen molar-refractivity contribution in [3.8, 4) is 5.75 Å². The fraction of sp³-hybridized carbons (Fsp3) is 0.250. The maximum Gasteiger partial charge on any atom is 0.522 e. The van der Waals surface area contributed by atoms with Gasteiger partial charge in [-0.05, 0) is 23.9 Å². The van der Waals surface area contributed by atoms with Crippen LogP contribution in [0.1, 0.15) is 21.5 Å². The van der Waals surface area contributed by atoms with E-state index in [0.29, 0.717) is 24.1 Å². The predicted octanol–water partition coefficient (Wildman–Crippen LogP) is 1.94. The Morgan fingerprint density at radius 3 is 3.10 bits per heavy atom. The van der Waals surface area contributed by atoms with Crippen LogP contribution >= 0.6 is 23.1 Å². The average Bonchev–Trinajstić information content (AvgIpc) is 2.97. The number of nitrogens with zero attached hydrogens (tertiary/aromatic N) is 2. The number of rotatable bonds is 4. The molecule has 1 aromatic carbocycles. The van der Waals surface area contributed by atoms with Crippen molar-refractivity contribution in [2.45, 2.75) is 22.8 Å². The molecule has 0 fully saturated rings. The summed E-state index contributed by atoms with van der Waals surface area (Å²) in [6.45, 7) is 0. The van der Waals surface area contributed by atoms with Gasteiger partial charge in [0.2, 0.25) is 0 Å². The lowest BCUT2D eigenvalue weighted by molar-refractivity contribution is 0.0693. The third-order valence-corrected chi connectivity index (χ3v) is 5.05. The maximum atomic E-state index is 11.6. The quantitative estimate of drug-likeness (QED) is 0.656. The van der Waals surface area contributed by atoms with Crippen molar-refractivity contribution in [2.75, 3.05) is 0 Å². The molecule has 0 amide bonds. The van der Waals surface area contributed by atoms with E-state index >= 15 is 0 Å². The fourth-order valence-electron chi connectivity index (χ4n) is 2.19. The van der Waals surface area contributed by atoms with Crippen molar-refractivity contribution in [2.24, 2.45) is 0 Å². The molecule has 0 unspecified atom stereocenters. The SMILES string of the molecule is O=C(O)c1c(CSc2nncs2)ccc2c1OB(O)CC2. The van der Waals surface area contributed by atoms with Gasteiger partial charge in [0.25, 0.3) is 0 Å². The van der Waals surface area contributed by atoms with E-state index in [1.54, 1.807) is 11.6 Å². The number of thioether (sulfide) groups is 1. The van der Waals surface area contributed by atoms with E-state index < -0.39 is 13.1 Å². The van der Waals surface area contributed by atoms with Crippen molar-refractivity contribution in [3.05, 3.63) is 34.3 Å². The van der Waals surface area contributed by atoms with Gasteiger partial charge in [-0.1, -0.05) is 35.2 Å². The lowest BCUT2D eigenvalue weighted by atomic mass is 9.78. The van der Waals surface area contributed by atoms with Gasteiger partial charge in [-0.15, -0.1) is 10.2 Å². The van der Waals surface area contributed by atoms with E-state index in [1.165, 1.54) is 23.1 Å². The summed E-state index contributed by atoms with van der Waals surface area (Å²) < 4.78 is 6.12. The van der Waals surface area contributed by atoms with Crippen LogP contribution < -0.4 is 4.65 Å². The second kappa shape index (κ2) is 6.04. The van der Waals surface area contributed by atoms with Gasteiger partial charge in [0.1, 0.15) is 16.8 Å². The first-order valence-electron chi connectivity index (χ1n) is 6.27. The summed E-state index contributed by atoms with van der Waals surface area (Å²) in [7, 11) is -0.943. The number of carbonyl (C=O) groups is 1. The fourth-order valence-corrected chi connectivity index (χ4v) is 3.67. The molecule has 0 saturated carbocycles. The molecule has 108 valence electrons. The zero-order chi connectivity index (χ0) is 14.8. The van der Waals surface area contributed by atoms with Crippen LogP contribution in [0.2, 0.25) is 6.32 Å². The van der Waals surface area contributed by atoms with Gasteiger partial charge in [0, 0.05) is 5.75 Å². The van der Waals surface area contributed by atoms with Gasteiger partial charge in [-0.2, -0.15) is 0 Å². The molecule has 2 aromatic rings. The van der Waals surface area contributed by atoms with Crippen LogP contribution in [0, 0.1) is 0 Å². The van der Waals surface area contributed by atoms with Crippen LogP contribution in [-0.2, 0) is 12.2 Å². The largest absolute Gasteiger partial charge is 0.535 e. The number of fused-ring (bicyclic) bond motifs is 1. The Kier molecular flexibility index (Phi) is 4.13. The summed E-state index contributed by atoms with van der Waals surface area (Å²) in [5.41, 5.74) is 3.23. The lowest BCUT2D eigenvalue weighted by Gasteiger charge is -2.22. The molecule has 9 heteroatoms. The Morgan fingerprint density at radius 2 is 2.38 bits per heavy atom. The molecule has 0 aliphatic carbocycles. The molecule has 3 rings (SSSR count). The first-order chi connectivity index (χ1) is 10.1. The molecular weight excluding hydrogens is 311 g/mol. The highest BCUT2D eigenvalue weighted by Crippen LogP contribution is 2.35. The highest BCUT2D eigenvalue weighted by Gasteiger charge is 2.29. The van der Waals surface area contributed by atoms with Gasteiger partial charge >= 0.3 is 13.1 Å². The molecule has 2 heterocycles. The summed E-state index contributed by atoms with van der Waals surface area (Å²) in [6, 6.07) is 3.67. The predicted molar refractivity (Wildman–Crippen MR) is 80.0 cm³/mol. The highest BCUT2D eigenvalue weighted by atomic mass is 32.2. The molecule has 6 nitrogen and oxygen atoms in total. The zero-order valence-electron chi connectivity index (χ0n) is 10.9. The molecule has 0 atom stereocenters. The highest BCUT2D eigenvalue weighted by molar-refractivity contribution is 8.00. The number of aromatic nitrogens is 2. The topological polar surface area (TPSA) is 92.5 Å². The smallest absolute Gasteiger partial charge is 0.522 e. The van der Waals surface area contributed by atoms with E-state index in [-0.39, 0.29) is 11.3 Å². The van der Waals surface area contributed by atoms with Gasteiger partial charge in [0.05, 0.1) is 0 Å². The summed E-state index contributed by atoms with van der Waals surface area (Å²) in [4.78, 5) is 11.6. The van der Waals surface area contributed by atoms with Gasteiger partial charge in [0.15, 0.2) is 4.34 Å². The van der Waals surface area contributed by atoms with Crippen LogP contribution in [0.15, 0.2) is 22.0 Å². The third-order valence-electron chi connectivity index (χ3n) is 3.15. The van der Waals surface area contributed by atoms with E-state index in [2.05, 4.69) is 10.2 Å². The summed E-state index contributed by atoms with van der Waals surface area (Å²) >= 11 is 2.83. The van der Waals surface area contributed by atoms with Crippen molar-refractivity contribution in [3.63, 3.8) is 0 Å². The monoisotopic (exact) mass is 322 g/mol. The summed E-state index contributed by atoms with van der Waals surface area (Å²) in [5.74, 6) is -0.297. The van der Waals surface area contributed by atoms with Crippen LogP contribution in [0.5, 0.6) is 5.75 Å². The number of benzene rings is 1. The number of carboxylic acids is 1. The molecule has 0 radical (unpaired) electrons. The molecule has 21 heavy (non-hydrogen) atoms. The van der Waals surface area contributed by atoms with Crippen LogP contribution in [0.4, 0.5) is 0 Å². The molecule has 0 saturated heterocycles. The number of hydrogen-bond donors (Lipinski definition) is 2. The number of aryl methyl sites for hydroxylation is 1.